The molecule has 1 aliphatic rings. The van der Waals surface area contributed by atoms with Crippen LogP contribution in [-0.4, -0.2) is 44.2 Å². The van der Waals surface area contributed by atoms with Crippen LogP contribution in [0.25, 0.3) is 11.0 Å². The van der Waals surface area contributed by atoms with Crippen LogP contribution in [0.2, 0.25) is 0 Å². The molecule has 3 rings (SSSR count). The van der Waals surface area contributed by atoms with Crippen LogP contribution in [0.3, 0.4) is 0 Å². The number of aromatic nitrogens is 2. The third-order valence-electron chi connectivity index (χ3n) is 4.60. The lowest BCUT2D eigenvalue weighted by molar-refractivity contribution is -0.131. The molecule has 0 radical (unpaired) electrons. The van der Waals surface area contributed by atoms with Gasteiger partial charge in [0.15, 0.2) is 0 Å². The zero-order valence-electron chi connectivity index (χ0n) is 12.9. The number of aliphatic hydroxyl groups is 1. The molecule has 1 aromatic heterocycles. The van der Waals surface area contributed by atoms with E-state index in [1.165, 1.54) is 4.57 Å². The van der Waals surface area contributed by atoms with E-state index in [1.54, 1.807) is 23.4 Å². The number of para-hydroxylation sites is 2. The lowest BCUT2D eigenvalue weighted by Crippen LogP contribution is -2.36. The molecule has 1 saturated heterocycles. The van der Waals surface area contributed by atoms with Crippen molar-refractivity contribution in [3.05, 3.63) is 34.7 Å². The lowest BCUT2D eigenvalue weighted by Gasteiger charge is -2.18. The first-order valence-electron chi connectivity index (χ1n) is 7.59. The molecule has 1 amide bonds. The standard InChI is InChI=1S/C16H21N3O3/c1-11(20)12-7-8-18(9-12)15(21)10-19-14-6-4-3-5-13(14)17(2)16(19)22/h3-6,11-12,20H,7-10H2,1-2H3. The summed E-state index contributed by atoms with van der Waals surface area (Å²) in [6, 6.07) is 7.47. The Labute approximate surface area is 128 Å². The first-order valence-corrected chi connectivity index (χ1v) is 7.59. The van der Waals surface area contributed by atoms with Crippen molar-refractivity contribution < 1.29 is 9.90 Å². The molecule has 1 fully saturated rings. The number of benzene rings is 1. The molecular formula is C16H21N3O3. The molecule has 0 aliphatic carbocycles. The first-order chi connectivity index (χ1) is 10.5. The van der Waals surface area contributed by atoms with Gasteiger partial charge in [0.1, 0.15) is 6.54 Å². The number of hydrogen-bond donors (Lipinski definition) is 1. The van der Waals surface area contributed by atoms with Gasteiger partial charge in [-0.05, 0) is 25.5 Å². The summed E-state index contributed by atoms with van der Waals surface area (Å²) in [7, 11) is 1.71. The van der Waals surface area contributed by atoms with E-state index >= 15 is 0 Å². The van der Waals surface area contributed by atoms with Gasteiger partial charge < -0.3 is 10.0 Å². The number of aryl methyl sites for hydroxylation is 1. The summed E-state index contributed by atoms with van der Waals surface area (Å²) in [5.74, 6) is 0.0646. The highest BCUT2D eigenvalue weighted by Gasteiger charge is 2.29. The number of nitrogens with zero attached hydrogens (tertiary/aromatic N) is 3. The predicted octanol–water partition coefficient (Wildman–Crippen LogP) is 0.569. The minimum Gasteiger partial charge on any atom is -0.393 e. The number of fused-ring (bicyclic) bond motifs is 1. The Morgan fingerprint density at radius 2 is 2.05 bits per heavy atom. The summed E-state index contributed by atoms with van der Waals surface area (Å²) in [5, 5.41) is 9.63. The fourth-order valence-corrected chi connectivity index (χ4v) is 3.16. The average molecular weight is 303 g/mol. The summed E-state index contributed by atoms with van der Waals surface area (Å²) < 4.78 is 3.08. The molecule has 1 aromatic carbocycles. The Hall–Kier alpha value is -2.08. The molecule has 0 bridgehead atoms. The van der Waals surface area contributed by atoms with Gasteiger partial charge in [-0.1, -0.05) is 12.1 Å². The molecule has 2 aromatic rings. The van der Waals surface area contributed by atoms with Crippen LogP contribution in [0, 0.1) is 5.92 Å². The van der Waals surface area contributed by atoms with Crippen molar-refractivity contribution in [2.45, 2.75) is 26.0 Å². The Kier molecular flexibility index (Phi) is 3.78. The second-order valence-electron chi connectivity index (χ2n) is 6.05. The third kappa shape index (κ3) is 2.43. The van der Waals surface area contributed by atoms with Gasteiger partial charge in [0.05, 0.1) is 17.1 Å². The van der Waals surface area contributed by atoms with Gasteiger partial charge in [-0.3, -0.25) is 13.9 Å². The van der Waals surface area contributed by atoms with Gasteiger partial charge in [0.2, 0.25) is 5.91 Å². The largest absolute Gasteiger partial charge is 0.393 e. The number of imidazole rings is 1. The van der Waals surface area contributed by atoms with Crippen LogP contribution in [0.15, 0.2) is 29.1 Å². The average Bonchev–Trinajstić information content (AvgIpc) is 3.08. The van der Waals surface area contributed by atoms with Crippen molar-refractivity contribution >= 4 is 16.9 Å². The van der Waals surface area contributed by atoms with Gasteiger partial charge in [0, 0.05) is 26.1 Å². The van der Waals surface area contributed by atoms with Crippen LogP contribution in [0.1, 0.15) is 13.3 Å². The van der Waals surface area contributed by atoms with Gasteiger partial charge in [-0.25, -0.2) is 4.79 Å². The second-order valence-corrected chi connectivity index (χ2v) is 6.05. The number of amides is 1. The summed E-state index contributed by atoms with van der Waals surface area (Å²) in [6.07, 6.45) is 0.409. The maximum absolute atomic E-state index is 12.5. The Morgan fingerprint density at radius 3 is 2.68 bits per heavy atom. The Bertz CT molecular complexity index is 760. The molecule has 0 saturated carbocycles. The molecule has 6 heteroatoms. The second kappa shape index (κ2) is 5.61. The zero-order chi connectivity index (χ0) is 15.9. The number of rotatable bonds is 3. The third-order valence-corrected chi connectivity index (χ3v) is 4.60. The lowest BCUT2D eigenvalue weighted by atomic mass is 10.0. The molecule has 0 spiro atoms. The van der Waals surface area contributed by atoms with Crippen LogP contribution in [0.4, 0.5) is 0 Å². The van der Waals surface area contributed by atoms with E-state index in [1.807, 2.05) is 24.3 Å². The van der Waals surface area contributed by atoms with Crippen LogP contribution < -0.4 is 5.69 Å². The van der Waals surface area contributed by atoms with Crippen molar-refractivity contribution in [1.29, 1.82) is 0 Å². The van der Waals surface area contributed by atoms with Crippen molar-refractivity contribution in [3.63, 3.8) is 0 Å². The van der Waals surface area contributed by atoms with Gasteiger partial charge in [0.25, 0.3) is 0 Å². The number of carbonyl (C=O) groups is 1. The van der Waals surface area contributed by atoms with Gasteiger partial charge in [-0.15, -0.1) is 0 Å². The van der Waals surface area contributed by atoms with Gasteiger partial charge >= 0.3 is 5.69 Å². The van der Waals surface area contributed by atoms with E-state index in [0.717, 1.165) is 17.5 Å². The normalized spacial score (nSPS) is 19.8. The summed E-state index contributed by atoms with van der Waals surface area (Å²) in [4.78, 5) is 26.5. The highest BCUT2D eigenvalue weighted by molar-refractivity contribution is 5.81. The number of hydrogen-bond acceptors (Lipinski definition) is 3. The molecular weight excluding hydrogens is 282 g/mol. The van der Waals surface area contributed by atoms with Crippen molar-refractivity contribution in [2.75, 3.05) is 13.1 Å². The number of likely N-dealkylation sites (tertiary alicyclic amines) is 1. The summed E-state index contributed by atoms with van der Waals surface area (Å²) in [6.45, 7) is 3.02. The highest BCUT2D eigenvalue weighted by atomic mass is 16.3. The fraction of sp³-hybridized carbons (Fsp3) is 0.500. The van der Waals surface area contributed by atoms with Crippen LogP contribution >= 0.6 is 0 Å². The minimum absolute atomic E-state index is 0.0483. The van der Waals surface area contributed by atoms with Crippen molar-refractivity contribution in [1.82, 2.24) is 14.0 Å². The van der Waals surface area contributed by atoms with Gasteiger partial charge in [-0.2, -0.15) is 0 Å². The van der Waals surface area contributed by atoms with E-state index < -0.39 is 6.10 Å². The number of carbonyl (C=O) groups excluding carboxylic acids is 1. The van der Waals surface area contributed by atoms with E-state index in [0.29, 0.717) is 13.1 Å². The molecule has 1 N–H and O–H groups in total. The minimum atomic E-state index is -0.405. The summed E-state index contributed by atoms with van der Waals surface area (Å²) in [5.41, 5.74) is 1.42. The molecule has 1 aliphatic heterocycles. The Balaban J connectivity index is 1.84. The quantitative estimate of drug-likeness (QED) is 0.901. The van der Waals surface area contributed by atoms with Crippen LogP contribution in [0.5, 0.6) is 0 Å². The monoisotopic (exact) mass is 303 g/mol. The smallest absolute Gasteiger partial charge is 0.329 e. The van der Waals surface area contributed by atoms with Crippen molar-refractivity contribution in [3.8, 4) is 0 Å². The first kappa shape index (κ1) is 14.8. The summed E-state index contributed by atoms with van der Waals surface area (Å²) >= 11 is 0. The van der Waals surface area contributed by atoms with E-state index in [9.17, 15) is 14.7 Å². The predicted molar refractivity (Wildman–Crippen MR) is 83.5 cm³/mol. The SMILES string of the molecule is CC(O)C1CCN(C(=O)Cn2c(=O)n(C)c3ccccc32)C1. The topological polar surface area (TPSA) is 67.5 Å². The van der Waals surface area contributed by atoms with E-state index in [-0.39, 0.29) is 24.1 Å². The van der Waals surface area contributed by atoms with Crippen molar-refractivity contribution in [2.24, 2.45) is 13.0 Å². The molecule has 22 heavy (non-hydrogen) atoms. The highest BCUT2D eigenvalue weighted by Crippen LogP contribution is 2.20. The van der Waals surface area contributed by atoms with E-state index in [4.69, 9.17) is 0 Å². The fourth-order valence-electron chi connectivity index (χ4n) is 3.16. The van der Waals surface area contributed by atoms with Crippen LogP contribution in [-0.2, 0) is 18.4 Å². The molecule has 2 heterocycles. The number of aliphatic hydroxyl groups excluding tert-OH is 1. The molecule has 118 valence electrons. The molecule has 2 unspecified atom stereocenters. The maximum atomic E-state index is 12.5. The van der Waals surface area contributed by atoms with E-state index in [2.05, 4.69) is 0 Å². The Morgan fingerprint density at radius 1 is 1.36 bits per heavy atom. The molecule has 2 atom stereocenters. The maximum Gasteiger partial charge on any atom is 0.329 e. The zero-order valence-corrected chi connectivity index (χ0v) is 12.9. The molecule has 6 nitrogen and oxygen atoms in total.